The zero-order chi connectivity index (χ0) is 13.1. The van der Waals surface area contributed by atoms with Crippen molar-refractivity contribution < 1.29 is 5.11 Å². The number of aryl methyl sites for hydroxylation is 1. The number of aliphatic hydroxyl groups is 1. The van der Waals surface area contributed by atoms with Crippen molar-refractivity contribution in [1.82, 2.24) is 4.98 Å². The molecule has 0 fully saturated rings. The van der Waals surface area contributed by atoms with Gasteiger partial charge in [-0.2, -0.15) is 0 Å². The molecule has 1 N–H and O–H groups in total. The fourth-order valence-electron chi connectivity index (χ4n) is 1.83. The fourth-order valence-corrected chi connectivity index (χ4v) is 2.49. The van der Waals surface area contributed by atoms with E-state index in [0.717, 1.165) is 21.2 Å². The van der Waals surface area contributed by atoms with E-state index < -0.39 is 6.10 Å². The van der Waals surface area contributed by atoms with Crippen molar-refractivity contribution in [3.63, 3.8) is 0 Å². The first-order chi connectivity index (χ1) is 8.58. The van der Waals surface area contributed by atoms with E-state index in [-0.39, 0.29) is 0 Å². The normalized spacial score (nSPS) is 12.4. The Kier molecular flexibility index (Phi) is 4.38. The van der Waals surface area contributed by atoms with E-state index in [1.807, 2.05) is 31.2 Å². The average Bonchev–Trinajstić information content (AvgIpc) is 2.32. The third-order valence-electron chi connectivity index (χ3n) is 2.77. The predicted molar refractivity (Wildman–Crippen MR) is 76.8 cm³/mol. The highest BCUT2D eigenvalue weighted by molar-refractivity contribution is 9.10. The molecule has 0 aliphatic rings. The van der Waals surface area contributed by atoms with E-state index >= 15 is 0 Å². The number of hydrogen-bond donors (Lipinski definition) is 1. The van der Waals surface area contributed by atoms with Crippen LogP contribution in [-0.2, 0) is 6.42 Å². The summed E-state index contributed by atoms with van der Waals surface area (Å²) in [6, 6.07) is 7.63. The van der Waals surface area contributed by atoms with Crippen LogP contribution in [0.2, 0.25) is 5.02 Å². The summed E-state index contributed by atoms with van der Waals surface area (Å²) in [6.07, 6.45) is 3.34. The van der Waals surface area contributed by atoms with Gasteiger partial charge in [-0.25, -0.2) is 0 Å². The van der Waals surface area contributed by atoms with Crippen LogP contribution in [0.3, 0.4) is 0 Å². The van der Waals surface area contributed by atoms with Crippen molar-refractivity contribution in [3.05, 3.63) is 62.8 Å². The summed E-state index contributed by atoms with van der Waals surface area (Å²) in [6.45, 7) is 1.93. The number of benzene rings is 1. The summed E-state index contributed by atoms with van der Waals surface area (Å²) >= 11 is 9.56. The average molecular weight is 327 g/mol. The minimum absolute atomic E-state index is 0.496. The summed E-state index contributed by atoms with van der Waals surface area (Å²) in [5, 5.41) is 10.9. The molecule has 0 spiro atoms. The van der Waals surface area contributed by atoms with E-state index in [1.54, 1.807) is 12.4 Å². The largest absolute Gasteiger partial charge is 0.388 e. The Bertz CT molecular complexity index is 559. The van der Waals surface area contributed by atoms with E-state index in [0.29, 0.717) is 11.4 Å². The van der Waals surface area contributed by atoms with Gasteiger partial charge in [-0.05, 0) is 45.6 Å². The molecular weight excluding hydrogens is 314 g/mol. The lowest BCUT2D eigenvalue weighted by Crippen LogP contribution is -2.03. The zero-order valence-corrected chi connectivity index (χ0v) is 12.2. The minimum atomic E-state index is -0.617. The number of nitrogens with zero attached hydrogens (tertiary/aromatic N) is 1. The first-order valence-corrected chi connectivity index (χ1v) is 6.77. The molecule has 0 aliphatic heterocycles. The molecule has 0 bridgehead atoms. The van der Waals surface area contributed by atoms with Gasteiger partial charge in [0.05, 0.1) is 6.10 Å². The molecule has 1 heterocycles. The number of halogens is 2. The summed E-state index contributed by atoms with van der Waals surface area (Å²) in [5.74, 6) is 0. The Labute approximate surface area is 120 Å². The molecule has 2 rings (SSSR count). The Morgan fingerprint density at radius 1 is 1.39 bits per heavy atom. The molecule has 2 nitrogen and oxygen atoms in total. The molecule has 0 saturated heterocycles. The maximum atomic E-state index is 10.2. The standard InChI is InChI=1S/C14H13BrClNO/c1-9-3-2-4-12(14(9)16)13(18)6-10-5-11(15)8-17-7-10/h2-5,7-8,13,18H,6H2,1H3. The number of pyridine rings is 1. The van der Waals surface area contributed by atoms with E-state index in [4.69, 9.17) is 11.6 Å². The lowest BCUT2D eigenvalue weighted by molar-refractivity contribution is 0.178. The molecular formula is C14H13BrClNO. The smallest absolute Gasteiger partial charge is 0.0845 e. The van der Waals surface area contributed by atoms with Crippen LogP contribution in [-0.4, -0.2) is 10.1 Å². The van der Waals surface area contributed by atoms with Crippen molar-refractivity contribution in [3.8, 4) is 0 Å². The van der Waals surface area contributed by atoms with Crippen molar-refractivity contribution in [2.75, 3.05) is 0 Å². The van der Waals surface area contributed by atoms with Crippen LogP contribution in [0.5, 0.6) is 0 Å². The van der Waals surface area contributed by atoms with Crippen LogP contribution in [0.1, 0.15) is 22.8 Å². The van der Waals surface area contributed by atoms with Gasteiger partial charge in [-0.1, -0.05) is 29.8 Å². The third-order valence-corrected chi connectivity index (χ3v) is 3.72. The summed E-state index contributed by atoms with van der Waals surface area (Å²) in [4.78, 5) is 4.08. The van der Waals surface area contributed by atoms with Crippen molar-refractivity contribution in [2.45, 2.75) is 19.4 Å². The predicted octanol–water partition coefficient (Wildman–Crippen LogP) is 4.08. The van der Waals surface area contributed by atoms with Crippen LogP contribution < -0.4 is 0 Å². The third kappa shape index (κ3) is 3.10. The fraction of sp³-hybridized carbons (Fsp3) is 0.214. The van der Waals surface area contributed by atoms with Gasteiger partial charge < -0.3 is 5.11 Å². The molecule has 2 aromatic rings. The first-order valence-electron chi connectivity index (χ1n) is 5.60. The molecule has 1 aromatic carbocycles. The summed E-state index contributed by atoms with van der Waals surface area (Å²) < 4.78 is 0.905. The van der Waals surface area contributed by atoms with Crippen molar-refractivity contribution in [1.29, 1.82) is 0 Å². The molecule has 1 aromatic heterocycles. The van der Waals surface area contributed by atoms with Crippen LogP contribution >= 0.6 is 27.5 Å². The molecule has 1 atom stereocenters. The monoisotopic (exact) mass is 325 g/mol. The van der Waals surface area contributed by atoms with Crippen LogP contribution in [0.15, 0.2) is 41.1 Å². The van der Waals surface area contributed by atoms with Gasteiger partial charge in [0, 0.05) is 28.3 Å². The Hall–Kier alpha value is -0.900. The van der Waals surface area contributed by atoms with Gasteiger partial charge in [0.15, 0.2) is 0 Å². The minimum Gasteiger partial charge on any atom is -0.388 e. The number of hydrogen-bond acceptors (Lipinski definition) is 2. The van der Waals surface area contributed by atoms with Gasteiger partial charge >= 0.3 is 0 Å². The molecule has 4 heteroatoms. The van der Waals surface area contributed by atoms with Gasteiger partial charge in [0.1, 0.15) is 0 Å². The topological polar surface area (TPSA) is 33.1 Å². The maximum Gasteiger partial charge on any atom is 0.0845 e. The zero-order valence-electron chi connectivity index (χ0n) is 9.90. The lowest BCUT2D eigenvalue weighted by Gasteiger charge is -2.14. The van der Waals surface area contributed by atoms with Gasteiger partial charge in [-0.15, -0.1) is 0 Å². The SMILES string of the molecule is Cc1cccc(C(O)Cc2cncc(Br)c2)c1Cl. The molecule has 0 aliphatic carbocycles. The Morgan fingerprint density at radius 2 is 2.17 bits per heavy atom. The highest BCUT2D eigenvalue weighted by Gasteiger charge is 2.13. The maximum absolute atomic E-state index is 10.2. The second-order valence-electron chi connectivity index (χ2n) is 4.21. The second-order valence-corrected chi connectivity index (χ2v) is 5.50. The molecule has 1 unspecified atom stereocenters. The summed E-state index contributed by atoms with van der Waals surface area (Å²) in [7, 11) is 0. The molecule has 0 amide bonds. The second kappa shape index (κ2) is 5.83. The van der Waals surface area contributed by atoms with E-state index in [2.05, 4.69) is 20.9 Å². The Morgan fingerprint density at radius 3 is 2.89 bits per heavy atom. The molecule has 0 saturated carbocycles. The lowest BCUT2D eigenvalue weighted by atomic mass is 10.0. The van der Waals surface area contributed by atoms with Gasteiger partial charge in [0.2, 0.25) is 0 Å². The van der Waals surface area contributed by atoms with Crippen LogP contribution in [0.25, 0.3) is 0 Å². The quantitative estimate of drug-likeness (QED) is 0.922. The van der Waals surface area contributed by atoms with E-state index in [9.17, 15) is 5.11 Å². The van der Waals surface area contributed by atoms with Gasteiger partial charge in [0.25, 0.3) is 0 Å². The molecule has 0 radical (unpaired) electrons. The first kappa shape index (κ1) is 13.5. The Balaban J connectivity index is 2.22. The number of aromatic nitrogens is 1. The highest BCUT2D eigenvalue weighted by Crippen LogP contribution is 2.28. The molecule has 18 heavy (non-hydrogen) atoms. The summed E-state index contributed by atoms with van der Waals surface area (Å²) in [5.41, 5.74) is 2.70. The van der Waals surface area contributed by atoms with Gasteiger partial charge in [-0.3, -0.25) is 4.98 Å². The van der Waals surface area contributed by atoms with E-state index in [1.165, 1.54) is 0 Å². The van der Waals surface area contributed by atoms with Crippen LogP contribution in [0.4, 0.5) is 0 Å². The number of aliphatic hydroxyl groups excluding tert-OH is 1. The molecule has 94 valence electrons. The van der Waals surface area contributed by atoms with Crippen molar-refractivity contribution in [2.24, 2.45) is 0 Å². The van der Waals surface area contributed by atoms with Crippen LogP contribution in [0, 0.1) is 6.92 Å². The number of rotatable bonds is 3. The van der Waals surface area contributed by atoms with Crippen molar-refractivity contribution >= 4 is 27.5 Å². The highest BCUT2D eigenvalue weighted by atomic mass is 79.9.